The molecule has 2 amide bonds. The van der Waals surface area contributed by atoms with Gasteiger partial charge < -0.3 is 19.9 Å². The van der Waals surface area contributed by atoms with Crippen LogP contribution < -0.4 is 10.6 Å². The van der Waals surface area contributed by atoms with Gasteiger partial charge in [-0.1, -0.05) is 19.6 Å². The van der Waals surface area contributed by atoms with Crippen molar-refractivity contribution in [3.05, 3.63) is 54.2 Å². The molecule has 4 aromatic rings. The summed E-state index contributed by atoms with van der Waals surface area (Å²) >= 11 is 0. The lowest BCUT2D eigenvalue weighted by atomic mass is 10.2. The molecule has 12 heteroatoms. The molecule has 0 saturated carbocycles. The summed E-state index contributed by atoms with van der Waals surface area (Å²) in [6.07, 6.45) is 9.17. The summed E-state index contributed by atoms with van der Waals surface area (Å²) in [7, 11) is 0.661. The highest BCUT2D eigenvalue weighted by Gasteiger charge is 2.23. The van der Waals surface area contributed by atoms with Gasteiger partial charge in [0.15, 0.2) is 0 Å². The summed E-state index contributed by atoms with van der Waals surface area (Å²) in [5.41, 5.74) is 4.74. The van der Waals surface area contributed by atoms with E-state index in [-0.39, 0.29) is 11.8 Å². The number of likely N-dealkylation sites (tertiary alicyclic amines) is 1. The fourth-order valence-corrected chi connectivity index (χ4v) is 6.02. The molecule has 5 heterocycles. The first-order valence-corrected chi connectivity index (χ1v) is 18.6. The molecular formula is C31H42N8O3Si. The Balaban J connectivity index is 1.33. The molecule has 0 aliphatic carbocycles. The molecule has 1 fully saturated rings. The molecule has 1 saturated heterocycles. The number of amides is 2. The second-order valence-electron chi connectivity index (χ2n) is 12.7. The maximum absolute atomic E-state index is 13.4. The van der Waals surface area contributed by atoms with Gasteiger partial charge in [-0.25, -0.2) is 4.98 Å². The fourth-order valence-electron chi connectivity index (χ4n) is 5.26. The monoisotopic (exact) mass is 602 g/mol. The number of anilines is 2. The summed E-state index contributed by atoms with van der Waals surface area (Å²) in [5, 5.41) is 11.0. The fraction of sp³-hybridized carbons (Fsp3) is 0.452. The maximum Gasteiger partial charge on any atom is 0.257 e. The van der Waals surface area contributed by atoms with Crippen molar-refractivity contribution in [2.24, 2.45) is 7.05 Å². The van der Waals surface area contributed by atoms with Gasteiger partial charge >= 0.3 is 0 Å². The predicted molar refractivity (Wildman–Crippen MR) is 172 cm³/mol. The average Bonchev–Trinajstić information content (AvgIpc) is 3.66. The minimum Gasteiger partial charge on any atom is -0.361 e. The Morgan fingerprint density at radius 1 is 1.09 bits per heavy atom. The first-order valence-electron chi connectivity index (χ1n) is 14.8. The van der Waals surface area contributed by atoms with Gasteiger partial charge in [0.25, 0.3) is 5.91 Å². The topological polar surface area (TPSA) is 119 Å². The number of fused-ring (bicyclic) bond motifs is 1. The van der Waals surface area contributed by atoms with Gasteiger partial charge in [0, 0.05) is 51.1 Å². The summed E-state index contributed by atoms with van der Waals surface area (Å²) in [4.78, 5) is 37.3. The number of hydrogen-bond donors (Lipinski definition) is 2. The minimum atomic E-state index is -1.22. The number of pyridine rings is 2. The number of ether oxygens (including phenoxy) is 1. The van der Waals surface area contributed by atoms with Crippen LogP contribution in [0.5, 0.6) is 0 Å². The van der Waals surface area contributed by atoms with E-state index in [2.05, 4.69) is 57.2 Å². The zero-order chi connectivity index (χ0) is 30.7. The Labute approximate surface area is 253 Å². The average molecular weight is 603 g/mol. The first-order chi connectivity index (χ1) is 20.5. The van der Waals surface area contributed by atoms with E-state index in [1.807, 2.05) is 43.1 Å². The lowest BCUT2D eigenvalue weighted by molar-refractivity contribution is -0.117. The third-order valence-corrected chi connectivity index (χ3v) is 9.57. The number of nitrogens with zero attached hydrogens (tertiary/aromatic N) is 6. The number of rotatable bonds is 11. The smallest absolute Gasteiger partial charge is 0.257 e. The molecule has 11 nitrogen and oxygen atoms in total. The lowest BCUT2D eigenvalue weighted by Crippen LogP contribution is -2.35. The van der Waals surface area contributed by atoms with E-state index in [1.54, 1.807) is 23.1 Å². The Kier molecular flexibility index (Phi) is 9.09. The second-order valence-corrected chi connectivity index (χ2v) is 18.3. The summed E-state index contributed by atoms with van der Waals surface area (Å²) in [6.45, 7) is 13.3. The van der Waals surface area contributed by atoms with E-state index in [0.717, 1.165) is 47.7 Å². The van der Waals surface area contributed by atoms with Crippen LogP contribution in [0.4, 0.5) is 11.4 Å². The van der Waals surface area contributed by atoms with Crippen molar-refractivity contribution in [2.75, 3.05) is 30.3 Å². The van der Waals surface area contributed by atoms with Crippen LogP contribution in [0, 0.1) is 6.92 Å². The molecule has 5 rings (SSSR count). The Hall–Kier alpha value is -3.87. The predicted octanol–water partition coefficient (Wildman–Crippen LogP) is 5.13. The van der Waals surface area contributed by atoms with Crippen LogP contribution in [0.15, 0.2) is 43.0 Å². The van der Waals surface area contributed by atoms with Crippen LogP contribution in [0.2, 0.25) is 25.7 Å². The van der Waals surface area contributed by atoms with E-state index in [4.69, 9.17) is 4.74 Å². The molecule has 43 heavy (non-hydrogen) atoms. The summed E-state index contributed by atoms with van der Waals surface area (Å²) < 4.78 is 9.88. The second kappa shape index (κ2) is 12.8. The highest BCUT2D eigenvalue weighted by Crippen LogP contribution is 2.28. The van der Waals surface area contributed by atoms with E-state index in [1.165, 1.54) is 0 Å². The van der Waals surface area contributed by atoms with Crippen LogP contribution in [0.3, 0.4) is 0 Å². The highest BCUT2D eigenvalue weighted by molar-refractivity contribution is 6.76. The lowest BCUT2D eigenvalue weighted by Gasteiger charge is -2.20. The van der Waals surface area contributed by atoms with Gasteiger partial charge in [-0.05, 0) is 57.5 Å². The van der Waals surface area contributed by atoms with Gasteiger partial charge in [0.05, 0.1) is 47.3 Å². The number of aromatic nitrogens is 5. The first kappa shape index (κ1) is 30.6. The van der Waals surface area contributed by atoms with Gasteiger partial charge in [0.1, 0.15) is 12.4 Å². The number of carbonyl (C=O) groups is 2. The van der Waals surface area contributed by atoms with Gasteiger partial charge in [-0.15, -0.1) is 0 Å². The summed E-state index contributed by atoms with van der Waals surface area (Å²) in [5.74, 6) is -0.402. The maximum atomic E-state index is 13.4. The number of hydrogen-bond acceptors (Lipinski definition) is 7. The van der Waals surface area contributed by atoms with Crippen LogP contribution in [-0.2, 0) is 23.3 Å². The molecule has 0 spiro atoms. The number of nitrogens with one attached hydrogen (secondary N) is 2. The quantitative estimate of drug-likeness (QED) is 0.181. The zero-order valence-electron chi connectivity index (χ0n) is 26.0. The standard InChI is InChI=1S/C31H42N8O3Si/c1-21-8-7-9-38(21)19-29(40)35-26-14-27(22(2)32-17-26)36-31(41)24-12-23-13-28(25-16-34-37(3)18-25)39(30(23)33-15-24)20-42-10-11-43(4,5)6/h12-18,21H,7-11,19-20H2,1-6H3,(H,35,40)(H,36,41)/t21-/m0/s1. The minimum absolute atomic E-state index is 0.0928. The third-order valence-electron chi connectivity index (χ3n) is 7.87. The van der Waals surface area contributed by atoms with Gasteiger partial charge in [0.2, 0.25) is 5.91 Å². The van der Waals surface area contributed by atoms with Crippen LogP contribution in [-0.4, -0.2) is 74.8 Å². The van der Waals surface area contributed by atoms with Crippen LogP contribution in [0.1, 0.15) is 35.8 Å². The Bertz CT molecular complexity index is 1620. The molecule has 0 bridgehead atoms. The van der Waals surface area contributed by atoms with Crippen molar-refractivity contribution in [3.8, 4) is 11.3 Å². The number of carbonyl (C=O) groups excluding carboxylic acids is 2. The van der Waals surface area contributed by atoms with E-state index >= 15 is 0 Å². The Morgan fingerprint density at radius 3 is 2.60 bits per heavy atom. The van der Waals surface area contributed by atoms with E-state index in [0.29, 0.717) is 48.6 Å². The highest BCUT2D eigenvalue weighted by atomic mass is 28.3. The van der Waals surface area contributed by atoms with E-state index < -0.39 is 8.07 Å². The normalized spacial score (nSPS) is 15.7. The molecule has 1 aliphatic heterocycles. The molecule has 2 N–H and O–H groups in total. The molecule has 0 aromatic carbocycles. The van der Waals surface area contributed by atoms with Crippen molar-refractivity contribution in [2.45, 2.75) is 65.1 Å². The van der Waals surface area contributed by atoms with Crippen molar-refractivity contribution in [3.63, 3.8) is 0 Å². The van der Waals surface area contributed by atoms with Crippen molar-refractivity contribution < 1.29 is 14.3 Å². The molecule has 1 atom stereocenters. The van der Waals surface area contributed by atoms with Crippen LogP contribution >= 0.6 is 0 Å². The molecular weight excluding hydrogens is 560 g/mol. The molecule has 1 aliphatic rings. The summed E-state index contributed by atoms with van der Waals surface area (Å²) in [6, 6.07) is 7.07. The van der Waals surface area contributed by atoms with Crippen LogP contribution in [0.25, 0.3) is 22.3 Å². The zero-order valence-corrected chi connectivity index (χ0v) is 27.0. The van der Waals surface area contributed by atoms with Crippen molar-refractivity contribution in [1.82, 2.24) is 29.2 Å². The molecule has 0 unspecified atom stereocenters. The van der Waals surface area contributed by atoms with E-state index in [9.17, 15) is 9.59 Å². The van der Waals surface area contributed by atoms with Crippen molar-refractivity contribution >= 4 is 42.3 Å². The molecule has 0 radical (unpaired) electrons. The van der Waals surface area contributed by atoms with Crippen molar-refractivity contribution in [1.29, 1.82) is 0 Å². The SMILES string of the molecule is Cc1ncc(NC(=O)CN2CCC[C@@H]2C)cc1NC(=O)c1cnc2c(c1)cc(-c1cnn(C)c1)n2COCC[Si](C)(C)C. The Morgan fingerprint density at radius 2 is 1.91 bits per heavy atom. The van der Waals surface area contributed by atoms with Gasteiger partial charge in [-0.3, -0.25) is 24.2 Å². The van der Waals surface area contributed by atoms with Gasteiger partial charge in [-0.2, -0.15) is 5.10 Å². The molecule has 228 valence electrons. The largest absolute Gasteiger partial charge is 0.361 e. The molecule has 4 aromatic heterocycles. The number of aryl methyl sites for hydroxylation is 2. The third kappa shape index (κ3) is 7.56.